The van der Waals surface area contributed by atoms with Crippen molar-refractivity contribution in [1.29, 1.82) is 0 Å². The number of rotatable bonds is 3. The molecule has 110 valence electrons. The summed E-state index contributed by atoms with van der Waals surface area (Å²) in [6.45, 7) is 4.43. The number of carboxylic acid groups (broad SMARTS) is 1. The smallest absolute Gasteiger partial charge is 0.407 e. The van der Waals surface area contributed by atoms with Gasteiger partial charge in [0.05, 0.1) is 7.11 Å². The summed E-state index contributed by atoms with van der Waals surface area (Å²) in [6, 6.07) is -0.771. The van der Waals surface area contributed by atoms with Crippen molar-refractivity contribution in [1.82, 2.24) is 10.2 Å². The summed E-state index contributed by atoms with van der Waals surface area (Å²) in [5.74, 6) is -1.42. The van der Waals surface area contributed by atoms with Crippen LogP contribution in [0, 0.1) is 0 Å². The molecule has 0 saturated carbocycles. The lowest BCUT2D eigenvalue weighted by Crippen LogP contribution is -2.45. The number of alkyl carbamates (subject to hydrolysis) is 1. The normalized spacial score (nSPS) is 17.2. The van der Waals surface area contributed by atoms with Crippen molar-refractivity contribution in [2.45, 2.75) is 39.2 Å². The van der Waals surface area contributed by atoms with Gasteiger partial charge < -0.3 is 20.1 Å². The van der Waals surface area contributed by atoms with Gasteiger partial charge >= 0.3 is 12.1 Å². The summed E-state index contributed by atoms with van der Waals surface area (Å²) in [7, 11) is 1.19. The second-order valence-corrected chi connectivity index (χ2v) is 4.14. The number of hydrogen-bond acceptors (Lipinski definition) is 4. The number of amides is 2. The predicted molar refractivity (Wildman–Crippen MR) is 68.7 cm³/mol. The van der Waals surface area contributed by atoms with E-state index in [9.17, 15) is 14.4 Å². The quantitative estimate of drug-likeness (QED) is 0.794. The lowest BCUT2D eigenvalue weighted by Gasteiger charge is -2.21. The first kappa shape index (κ1) is 17.2. The van der Waals surface area contributed by atoms with E-state index in [-0.39, 0.29) is 6.54 Å². The zero-order valence-corrected chi connectivity index (χ0v) is 11.6. The van der Waals surface area contributed by atoms with Gasteiger partial charge in [0.15, 0.2) is 0 Å². The van der Waals surface area contributed by atoms with Gasteiger partial charge in [0.2, 0.25) is 5.91 Å². The van der Waals surface area contributed by atoms with Gasteiger partial charge in [-0.05, 0) is 12.8 Å². The van der Waals surface area contributed by atoms with E-state index in [2.05, 4.69) is 23.9 Å². The predicted octanol–water partition coefficient (Wildman–Crippen LogP) is 0.834. The molecule has 0 radical (unpaired) electrons. The summed E-state index contributed by atoms with van der Waals surface area (Å²) in [4.78, 5) is 34.4. The van der Waals surface area contributed by atoms with Crippen LogP contribution in [0.5, 0.6) is 0 Å². The summed E-state index contributed by atoms with van der Waals surface area (Å²) in [5, 5.41) is 11.1. The van der Waals surface area contributed by atoms with Gasteiger partial charge in [0.1, 0.15) is 12.6 Å². The fourth-order valence-electron chi connectivity index (χ4n) is 1.64. The van der Waals surface area contributed by atoms with E-state index in [0.717, 1.165) is 0 Å². The molecule has 7 nitrogen and oxygen atoms in total. The van der Waals surface area contributed by atoms with Crippen molar-refractivity contribution < 1.29 is 24.2 Å². The van der Waals surface area contributed by atoms with E-state index >= 15 is 0 Å². The SMILES string of the molecule is CCC.COC(=O)NCC(=O)N1CCC[C@H]1C(=O)O. The van der Waals surface area contributed by atoms with E-state index in [0.29, 0.717) is 19.4 Å². The average Bonchev–Trinajstić information content (AvgIpc) is 2.85. The molecular formula is C12H22N2O5. The Hall–Kier alpha value is -1.79. The molecule has 19 heavy (non-hydrogen) atoms. The molecule has 0 bridgehead atoms. The summed E-state index contributed by atoms with van der Waals surface area (Å²) >= 11 is 0. The Balaban J connectivity index is 0.000000982. The summed E-state index contributed by atoms with van der Waals surface area (Å²) in [5.41, 5.74) is 0. The highest BCUT2D eigenvalue weighted by Crippen LogP contribution is 2.17. The Morgan fingerprint density at radius 1 is 1.37 bits per heavy atom. The highest BCUT2D eigenvalue weighted by atomic mass is 16.5. The third-order valence-electron chi connectivity index (χ3n) is 2.43. The number of nitrogens with one attached hydrogen (secondary N) is 1. The molecule has 1 saturated heterocycles. The van der Waals surface area contributed by atoms with Crippen LogP contribution >= 0.6 is 0 Å². The maximum Gasteiger partial charge on any atom is 0.407 e. The minimum Gasteiger partial charge on any atom is -0.480 e. The van der Waals surface area contributed by atoms with Gasteiger partial charge in [-0.2, -0.15) is 0 Å². The van der Waals surface area contributed by atoms with Gasteiger partial charge in [-0.1, -0.05) is 20.3 Å². The zero-order valence-electron chi connectivity index (χ0n) is 11.6. The van der Waals surface area contributed by atoms with Crippen molar-refractivity contribution in [3.63, 3.8) is 0 Å². The zero-order chi connectivity index (χ0) is 14.8. The maximum atomic E-state index is 11.6. The Morgan fingerprint density at radius 3 is 2.42 bits per heavy atom. The molecule has 0 spiro atoms. The third-order valence-corrected chi connectivity index (χ3v) is 2.43. The van der Waals surface area contributed by atoms with Gasteiger partial charge in [-0.15, -0.1) is 0 Å². The lowest BCUT2D eigenvalue weighted by molar-refractivity contribution is -0.147. The van der Waals surface area contributed by atoms with Crippen LogP contribution < -0.4 is 5.32 Å². The molecule has 0 aromatic rings. The largest absolute Gasteiger partial charge is 0.480 e. The molecule has 1 fully saturated rings. The topological polar surface area (TPSA) is 95.9 Å². The average molecular weight is 274 g/mol. The second-order valence-electron chi connectivity index (χ2n) is 4.14. The standard InChI is InChI=1S/C9H14N2O5.C3H8/c1-16-9(15)10-5-7(12)11-4-2-3-6(11)8(13)14;1-3-2/h6H,2-5H2,1H3,(H,10,15)(H,13,14);3H2,1-2H3/t6-;/m0./s1. The Labute approximate surface area is 112 Å². The molecule has 1 rings (SSSR count). The van der Waals surface area contributed by atoms with Crippen LogP contribution in [-0.4, -0.2) is 54.2 Å². The Kier molecular flexibility index (Phi) is 8.32. The van der Waals surface area contributed by atoms with Gasteiger partial charge in [-0.3, -0.25) is 4.79 Å². The van der Waals surface area contributed by atoms with E-state index in [1.807, 2.05) is 0 Å². The van der Waals surface area contributed by atoms with Crippen molar-refractivity contribution in [3.05, 3.63) is 0 Å². The van der Waals surface area contributed by atoms with Crippen molar-refractivity contribution >= 4 is 18.0 Å². The number of methoxy groups -OCH3 is 1. The second kappa shape index (κ2) is 9.18. The number of hydrogen-bond donors (Lipinski definition) is 2. The number of carboxylic acids is 1. The number of likely N-dealkylation sites (tertiary alicyclic amines) is 1. The fraction of sp³-hybridized carbons (Fsp3) is 0.750. The van der Waals surface area contributed by atoms with E-state index < -0.39 is 24.0 Å². The molecule has 2 N–H and O–H groups in total. The van der Waals surface area contributed by atoms with E-state index in [1.165, 1.54) is 18.4 Å². The Morgan fingerprint density at radius 2 is 1.95 bits per heavy atom. The molecule has 7 heteroatoms. The molecule has 1 atom stereocenters. The summed E-state index contributed by atoms with van der Waals surface area (Å²) < 4.78 is 4.30. The number of nitrogens with zero attached hydrogens (tertiary/aromatic N) is 1. The molecule has 0 aromatic heterocycles. The van der Waals surface area contributed by atoms with Crippen LogP contribution in [-0.2, 0) is 14.3 Å². The first-order valence-corrected chi connectivity index (χ1v) is 6.31. The van der Waals surface area contributed by atoms with Crippen LogP contribution in [0.2, 0.25) is 0 Å². The maximum absolute atomic E-state index is 11.6. The number of ether oxygens (including phenoxy) is 1. The van der Waals surface area contributed by atoms with Crippen molar-refractivity contribution in [2.24, 2.45) is 0 Å². The summed E-state index contributed by atoms with van der Waals surface area (Å²) in [6.07, 6.45) is 1.67. The molecule has 0 aromatic carbocycles. The molecule has 2 amide bonds. The van der Waals surface area contributed by atoms with Crippen LogP contribution in [0.4, 0.5) is 4.79 Å². The molecular weight excluding hydrogens is 252 g/mol. The highest BCUT2D eigenvalue weighted by molar-refractivity contribution is 5.87. The Bertz CT molecular complexity index is 319. The molecule has 0 unspecified atom stereocenters. The first-order chi connectivity index (χ1) is 8.97. The van der Waals surface area contributed by atoms with E-state index in [1.54, 1.807) is 0 Å². The molecule has 1 aliphatic rings. The molecule has 0 aliphatic carbocycles. The minimum absolute atomic E-state index is 0.240. The minimum atomic E-state index is -1.01. The number of carbonyl (C=O) groups is 3. The van der Waals surface area contributed by atoms with Crippen LogP contribution in [0.25, 0.3) is 0 Å². The van der Waals surface area contributed by atoms with E-state index in [4.69, 9.17) is 5.11 Å². The first-order valence-electron chi connectivity index (χ1n) is 6.31. The van der Waals surface area contributed by atoms with Crippen molar-refractivity contribution in [3.8, 4) is 0 Å². The third kappa shape index (κ3) is 6.08. The number of aliphatic carboxylic acids is 1. The van der Waals surface area contributed by atoms with Gasteiger partial charge in [-0.25, -0.2) is 9.59 Å². The van der Waals surface area contributed by atoms with Gasteiger partial charge in [0.25, 0.3) is 0 Å². The van der Waals surface area contributed by atoms with Crippen LogP contribution in [0.15, 0.2) is 0 Å². The monoisotopic (exact) mass is 274 g/mol. The number of carbonyl (C=O) groups excluding carboxylic acids is 2. The van der Waals surface area contributed by atoms with Crippen molar-refractivity contribution in [2.75, 3.05) is 20.2 Å². The highest BCUT2D eigenvalue weighted by Gasteiger charge is 2.33. The molecule has 1 heterocycles. The van der Waals surface area contributed by atoms with Gasteiger partial charge in [0, 0.05) is 6.54 Å². The molecule has 1 aliphatic heterocycles. The van der Waals surface area contributed by atoms with Crippen LogP contribution in [0.3, 0.4) is 0 Å². The fourth-order valence-corrected chi connectivity index (χ4v) is 1.64. The lowest BCUT2D eigenvalue weighted by atomic mass is 10.2. The van der Waals surface area contributed by atoms with Crippen LogP contribution in [0.1, 0.15) is 33.1 Å².